The molecule has 0 fully saturated rings. The molecule has 0 bridgehead atoms. The summed E-state index contributed by atoms with van der Waals surface area (Å²) in [7, 11) is 3.03. The van der Waals surface area contributed by atoms with E-state index >= 15 is 0 Å². The van der Waals surface area contributed by atoms with Gasteiger partial charge in [-0.3, -0.25) is 4.79 Å². The van der Waals surface area contributed by atoms with Crippen LogP contribution in [0.2, 0.25) is 0 Å². The van der Waals surface area contributed by atoms with Gasteiger partial charge >= 0.3 is 5.63 Å². The first-order valence-electron chi connectivity index (χ1n) is 9.27. The Morgan fingerprint density at radius 3 is 2.27 bits per heavy atom. The van der Waals surface area contributed by atoms with Gasteiger partial charge in [0.25, 0.3) is 5.91 Å². The molecule has 6 heteroatoms. The van der Waals surface area contributed by atoms with E-state index in [1.54, 1.807) is 36.4 Å². The van der Waals surface area contributed by atoms with E-state index < -0.39 is 11.5 Å². The number of amides is 1. The summed E-state index contributed by atoms with van der Waals surface area (Å²) in [4.78, 5) is 25.8. The molecule has 1 N–H and O–H groups in total. The van der Waals surface area contributed by atoms with Gasteiger partial charge in [0.05, 0.1) is 25.3 Å². The molecule has 0 radical (unpaired) electrons. The molecule has 1 aromatic heterocycles. The van der Waals surface area contributed by atoms with Crippen LogP contribution in [0.3, 0.4) is 0 Å². The number of ether oxygens (including phenoxy) is 2. The van der Waals surface area contributed by atoms with Crippen LogP contribution in [0, 0.1) is 0 Å². The predicted molar refractivity (Wildman–Crippen MR) is 115 cm³/mol. The monoisotopic (exact) mass is 401 g/mol. The first-order chi connectivity index (χ1) is 14.6. The molecule has 0 saturated carbocycles. The summed E-state index contributed by atoms with van der Waals surface area (Å²) < 4.78 is 16.1. The third-order valence-electron chi connectivity index (χ3n) is 4.76. The third-order valence-corrected chi connectivity index (χ3v) is 4.76. The summed E-state index contributed by atoms with van der Waals surface area (Å²) in [5.41, 5.74) is 1.13. The average Bonchev–Trinajstić information content (AvgIpc) is 2.79. The van der Waals surface area contributed by atoms with Gasteiger partial charge in [-0.1, -0.05) is 48.5 Å². The predicted octanol–water partition coefficient (Wildman–Crippen LogP) is 4.73. The van der Waals surface area contributed by atoms with E-state index in [2.05, 4.69) is 5.32 Å². The first-order valence-corrected chi connectivity index (χ1v) is 9.27. The number of rotatable bonds is 5. The fourth-order valence-electron chi connectivity index (χ4n) is 3.34. The van der Waals surface area contributed by atoms with E-state index in [1.165, 1.54) is 14.2 Å². The fourth-order valence-corrected chi connectivity index (χ4v) is 3.34. The van der Waals surface area contributed by atoms with Crippen LogP contribution in [0.1, 0.15) is 10.6 Å². The number of hydrogen-bond donors (Lipinski definition) is 1. The van der Waals surface area contributed by atoms with Gasteiger partial charge in [-0.05, 0) is 23.8 Å². The molecule has 3 aromatic carbocycles. The Balaban J connectivity index is 1.89. The molecule has 0 unspecified atom stereocenters. The molecular weight excluding hydrogens is 382 g/mol. The highest BCUT2D eigenvalue weighted by molar-refractivity contribution is 6.12. The van der Waals surface area contributed by atoms with Gasteiger partial charge in [0, 0.05) is 17.0 Å². The number of methoxy groups -OCH3 is 2. The topological polar surface area (TPSA) is 77.8 Å². The van der Waals surface area contributed by atoms with Crippen LogP contribution in [-0.2, 0) is 0 Å². The molecule has 4 rings (SSSR count). The molecule has 1 heterocycles. The van der Waals surface area contributed by atoms with E-state index in [0.29, 0.717) is 33.5 Å². The second kappa shape index (κ2) is 8.13. The van der Waals surface area contributed by atoms with Gasteiger partial charge in [-0.15, -0.1) is 0 Å². The number of carbonyl (C=O) groups is 1. The first kappa shape index (κ1) is 19.3. The van der Waals surface area contributed by atoms with Crippen LogP contribution >= 0.6 is 0 Å². The SMILES string of the molecule is COc1ccc(OC)c(NC(=O)c2oc(=O)c3ccccc3c2-c2ccccc2)c1. The molecule has 0 saturated heterocycles. The van der Waals surface area contributed by atoms with Crippen LogP contribution in [0.5, 0.6) is 11.5 Å². The zero-order chi connectivity index (χ0) is 21.1. The minimum atomic E-state index is -0.576. The lowest BCUT2D eigenvalue weighted by Crippen LogP contribution is -2.17. The van der Waals surface area contributed by atoms with Crippen molar-refractivity contribution >= 4 is 22.4 Å². The number of benzene rings is 3. The second-order valence-corrected chi connectivity index (χ2v) is 6.53. The van der Waals surface area contributed by atoms with Gasteiger partial charge < -0.3 is 19.2 Å². The fraction of sp³-hybridized carbons (Fsp3) is 0.0833. The quantitative estimate of drug-likeness (QED) is 0.523. The maximum Gasteiger partial charge on any atom is 0.344 e. The van der Waals surface area contributed by atoms with Crippen LogP contribution in [-0.4, -0.2) is 20.1 Å². The van der Waals surface area contributed by atoms with Crippen molar-refractivity contribution in [3.8, 4) is 22.6 Å². The molecule has 150 valence electrons. The van der Waals surface area contributed by atoms with Gasteiger partial charge in [0.15, 0.2) is 0 Å². The van der Waals surface area contributed by atoms with E-state index in [9.17, 15) is 9.59 Å². The van der Waals surface area contributed by atoms with Crippen molar-refractivity contribution < 1.29 is 18.7 Å². The molecule has 0 atom stereocenters. The van der Waals surface area contributed by atoms with E-state index in [-0.39, 0.29) is 5.76 Å². The van der Waals surface area contributed by atoms with E-state index in [0.717, 1.165) is 5.56 Å². The number of carbonyl (C=O) groups excluding carboxylic acids is 1. The van der Waals surface area contributed by atoms with Crippen molar-refractivity contribution in [1.29, 1.82) is 0 Å². The minimum absolute atomic E-state index is 0.0743. The summed E-state index contributed by atoms with van der Waals surface area (Å²) in [6.07, 6.45) is 0. The zero-order valence-corrected chi connectivity index (χ0v) is 16.5. The van der Waals surface area contributed by atoms with E-state index in [1.807, 2.05) is 36.4 Å². The number of nitrogens with one attached hydrogen (secondary N) is 1. The lowest BCUT2D eigenvalue weighted by atomic mass is 9.98. The van der Waals surface area contributed by atoms with Crippen molar-refractivity contribution in [3.05, 3.63) is 89.0 Å². The molecule has 30 heavy (non-hydrogen) atoms. The summed E-state index contributed by atoms with van der Waals surface area (Å²) in [6, 6.07) is 21.4. The number of hydrogen-bond acceptors (Lipinski definition) is 5. The summed E-state index contributed by atoms with van der Waals surface area (Å²) >= 11 is 0. The summed E-state index contributed by atoms with van der Waals surface area (Å²) in [5.74, 6) is 0.362. The molecule has 0 aliphatic heterocycles. The molecule has 4 aromatic rings. The molecule has 0 aliphatic rings. The van der Waals surface area contributed by atoms with E-state index in [4.69, 9.17) is 13.9 Å². The van der Waals surface area contributed by atoms with Gasteiger partial charge in [-0.2, -0.15) is 0 Å². The Morgan fingerprint density at radius 1 is 0.867 bits per heavy atom. The normalized spacial score (nSPS) is 10.6. The van der Waals surface area contributed by atoms with Crippen LogP contribution in [0.4, 0.5) is 5.69 Å². The highest BCUT2D eigenvalue weighted by Gasteiger charge is 2.22. The van der Waals surface area contributed by atoms with Crippen LogP contribution in [0.15, 0.2) is 82.0 Å². The Kier molecular flexibility index (Phi) is 5.22. The van der Waals surface area contributed by atoms with Crippen molar-refractivity contribution in [2.24, 2.45) is 0 Å². The van der Waals surface area contributed by atoms with Gasteiger partial charge in [0.2, 0.25) is 5.76 Å². The minimum Gasteiger partial charge on any atom is -0.497 e. The Labute approximate surface area is 172 Å². The molecule has 1 amide bonds. The van der Waals surface area contributed by atoms with Crippen LogP contribution < -0.4 is 20.4 Å². The number of anilines is 1. The highest BCUT2D eigenvalue weighted by Crippen LogP contribution is 2.33. The van der Waals surface area contributed by atoms with Crippen LogP contribution in [0.25, 0.3) is 21.9 Å². The molecule has 0 aliphatic carbocycles. The third kappa shape index (κ3) is 3.51. The highest BCUT2D eigenvalue weighted by atomic mass is 16.5. The standard InChI is InChI=1S/C24H19NO5/c1-28-16-12-13-20(29-2)19(14-16)25-23(26)22-21(15-8-4-3-5-9-15)17-10-6-7-11-18(17)24(27)30-22/h3-14H,1-2H3,(H,25,26). The smallest absolute Gasteiger partial charge is 0.344 e. The Morgan fingerprint density at radius 2 is 1.57 bits per heavy atom. The molecular formula is C24H19NO5. The zero-order valence-electron chi connectivity index (χ0n) is 16.5. The van der Waals surface area contributed by atoms with Crippen molar-refractivity contribution in [1.82, 2.24) is 0 Å². The van der Waals surface area contributed by atoms with Gasteiger partial charge in [-0.25, -0.2) is 4.79 Å². The maximum absolute atomic E-state index is 13.2. The molecule has 0 spiro atoms. The lowest BCUT2D eigenvalue weighted by molar-refractivity contribution is 0.0993. The summed E-state index contributed by atoms with van der Waals surface area (Å²) in [5, 5.41) is 3.83. The summed E-state index contributed by atoms with van der Waals surface area (Å²) in [6.45, 7) is 0. The Bertz CT molecular complexity index is 1280. The average molecular weight is 401 g/mol. The number of fused-ring (bicyclic) bond motifs is 1. The second-order valence-electron chi connectivity index (χ2n) is 6.53. The maximum atomic E-state index is 13.2. The largest absolute Gasteiger partial charge is 0.497 e. The van der Waals surface area contributed by atoms with Crippen molar-refractivity contribution in [3.63, 3.8) is 0 Å². The Hall–Kier alpha value is -4.06. The molecule has 6 nitrogen and oxygen atoms in total. The van der Waals surface area contributed by atoms with Crippen molar-refractivity contribution in [2.45, 2.75) is 0 Å². The van der Waals surface area contributed by atoms with Crippen molar-refractivity contribution in [2.75, 3.05) is 19.5 Å². The van der Waals surface area contributed by atoms with Gasteiger partial charge in [0.1, 0.15) is 11.5 Å². The lowest BCUT2D eigenvalue weighted by Gasteiger charge is -2.14.